The van der Waals surface area contributed by atoms with Gasteiger partial charge in [0.25, 0.3) is 0 Å². The van der Waals surface area contributed by atoms with E-state index < -0.39 is 0 Å². The summed E-state index contributed by atoms with van der Waals surface area (Å²) < 4.78 is 13.4. The molecule has 0 aromatic carbocycles. The summed E-state index contributed by atoms with van der Waals surface area (Å²) in [5, 5.41) is 0. The first kappa shape index (κ1) is 4.70. The van der Waals surface area contributed by atoms with Gasteiger partial charge in [-0.05, 0) is 0 Å². The number of hydrogen-bond acceptors (Lipinski definition) is 1. The molecule has 0 spiro atoms. The van der Waals surface area contributed by atoms with Crippen LogP contribution < -0.4 is 0 Å². The average molecular weight is 73.1 g/mol. The van der Waals surface area contributed by atoms with Gasteiger partial charge < -0.3 is 0 Å². The summed E-state index contributed by atoms with van der Waals surface area (Å²) in [6, 6.07) is 0. The molecule has 0 aromatic rings. The molecule has 0 aromatic heterocycles. The van der Waals surface area contributed by atoms with Crippen LogP contribution in [0.15, 0.2) is 0 Å². The molecule has 0 atom stereocenters. The Morgan fingerprint density at radius 2 is 2.60 bits per heavy atom. The minimum atomic E-state index is 0.0833. The van der Waals surface area contributed by atoms with Gasteiger partial charge in [-0.2, -0.15) is 0 Å². The van der Waals surface area contributed by atoms with Gasteiger partial charge in [0.05, 0.1) is 0 Å². The van der Waals surface area contributed by atoms with Crippen molar-refractivity contribution in [3.63, 3.8) is 0 Å². The van der Waals surface area contributed by atoms with Gasteiger partial charge in [-0.15, -0.1) is 0 Å². The van der Waals surface area contributed by atoms with E-state index in [-0.39, 0.29) is 6.61 Å². The Bertz CT molecular complexity index is 43.3. The fourth-order valence-corrected chi connectivity index (χ4v) is 0.0589. The van der Waals surface area contributed by atoms with Gasteiger partial charge in [-0.25, -0.2) is 0 Å². The zero-order chi connectivity index (χ0) is 4.12. The van der Waals surface area contributed by atoms with Crippen molar-refractivity contribution in [2.24, 2.45) is 0 Å². The number of ether oxygens (including phenoxy) is 1. The van der Waals surface area contributed by atoms with E-state index in [0.717, 1.165) is 0 Å². The number of rotatable bonds is 1. The predicted molar refractivity (Wildman–Crippen MR) is 16.5 cm³/mol. The Morgan fingerprint density at radius 3 is 2.60 bits per heavy atom. The van der Waals surface area contributed by atoms with Crippen molar-refractivity contribution >= 4 is 0 Å². The van der Waals surface area contributed by atoms with Crippen LogP contribution in [0.2, 0.25) is 0 Å². The summed E-state index contributed by atoms with van der Waals surface area (Å²) in [6.45, 7) is 0.0833. The molecule has 0 saturated heterocycles. The average Bonchev–Trinajstić information content (AvgIpc) is 1.41. The SMILES string of the molecule is COCC#[O+]. The summed E-state index contributed by atoms with van der Waals surface area (Å²) in [5.41, 5.74) is 0. The van der Waals surface area contributed by atoms with Gasteiger partial charge in [0, 0.05) is 0 Å². The van der Waals surface area contributed by atoms with Gasteiger partial charge in [0.2, 0.25) is 0 Å². The fraction of sp³-hybridized carbons (Fsp3) is 0.667. The Labute approximate surface area is 30.5 Å². The molecule has 0 unspecified atom stereocenters. The van der Waals surface area contributed by atoms with Crippen LogP contribution in [-0.2, 0) is 9.39 Å². The van der Waals surface area contributed by atoms with Gasteiger partial charge in [-0.3, -0.25) is 0 Å². The third-order valence-corrected chi connectivity index (χ3v) is 0.203. The van der Waals surface area contributed by atoms with Crippen LogP contribution >= 0.6 is 0 Å². The molecule has 0 bridgehead atoms. The van der Waals surface area contributed by atoms with Gasteiger partial charge in [0.1, 0.15) is 0 Å². The molecule has 0 heterocycles. The summed E-state index contributed by atoms with van der Waals surface area (Å²) in [5.74, 6) is 0. The Kier molecular flexibility index (Phi) is 3.48. The number of hydrogen-bond donors (Lipinski definition) is 0. The van der Waals surface area contributed by atoms with E-state index in [0.29, 0.717) is 0 Å². The van der Waals surface area contributed by atoms with Crippen LogP contribution in [0.5, 0.6) is 0 Å². The quantitative estimate of drug-likeness (QED) is 0.402. The summed E-state index contributed by atoms with van der Waals surface area (Å²) in [6.07, 6.45) is 1.55. The molecule has 2 heteroatoms. The van der Waals surface area contributed by atoms with Crippen molar-refractivity contribution in [2.45, 2.75) is 0 Å². The van der Waals surface area contributed by atoms with E-state index >= 15 is 0 Å². The molecule has 5 heavy (non-hydrogen) atoms. The third kappa shape index (κ3) is 3.70. The molecule has 0 rings (SSSR count). The molecule has 0 N–H and O–H groups in total. The van der Waals surface area contributed by atoms with E-state index in [1.807, 2.05) is 0 Å². The maximum atomic E-state index is 9.15. The fourth-order valence-electron chi connectivity index (χ4n) is 0.0589. The monoisotopic (exact) mass is 73.0 g/mol. The van der Waals surface area contributed by atoms with Crippen LogP contribution in [-0.4, -0.2) is 13.7 Å². The van der Waals surface area contributed by atoms with Gasteiger partial charge >= 0.3 is 29.3 Å². The van der Waals surface area contributed by atoms with E-state index in [1.165, 1.54) is 7.11 Å². The summed E-state index contributed by atoms with van der Waals surface area (Å²) >= 11 is 0. The molecule has 0 fully saturated rings. The van der Waals surface area contributed by atoms with E-state index in [1.54, 1.807) is 6.15 Å². The molecule has 0 aliphatic rings. The molecule has 2 nitrogen and oxygen atoms in total. The topological polar surface area (TPSA) is 29.1 Å². The van der Waals surface area contributed by atoms with Crippen molar-refractivity contribution in [2.75, 3.05) is 13.7 Å². The van der Waals surface area contributed by atoms with E-state index in [2.05, 4.69) is 4.74 Å². The molecular formula is C3H5O2+. The Balaban J connectivity index is 2.48. The van der Waals surface area contributed by atoms with Crippen LogP contribution in [0.3, 0.4) is 0 Å². The zero-order valence-electron chi connectivity index (χ0n) is 3.02. The van der Waals surface area contributed by atoms with Crippen LogP contribution in [0.1, 0.15) is 0 Å². The van der Waals surface area contributed by atoms with E-state index in [4.69, 9.17) is 4.65 Å². The standard InChI is InChI=1S/C3H5O2/c1-5-3-2-4/h3H2,1H3/q+1. The van der Waals surface area contributed by atoms with Gasteiger partial charge in [-0.1, -0.05) is 0 Å². The first-order valence-electron chi connectivity index (χ1n) is 1.25. The normalized spacial score (nSPS) is 6.40. The summed E-state index contributed by atoms with van der Waals surface area (Å²) in [4.78, 5) is 0. The van der Waals surface area contributed by atoms with Crippen molar-refractivity contribution in [1.82, 2.24) is 0 Å². The summed E-state index contributed by atoms with van der Waals surface area (Å²) in [7, 11) is 1.45. The van der Waals surface area contributed by atoms with E-state index in [9.17, 15) is 0 Å². The molecule has 0 aliphatic carbocycles. The van der Waals surface area contributed by atoms with Crippen LogP contribution in [0, 0.1) is 6.15 Å². The second kappa shape index (κ2) is 3.70. The zero-order valence-corrected chi connectivity index (χ0v) is 3.02. The molecular weight excluding hydrogens is 68.0 g/mol. The predicted octanol–water partition coefficient (Wildman–Crippen LogP) is 0.0225. The Hall–Kier alpha value is -0.300. The molecule has 0 radical (unpaired) electrons. The Morgan fingerprint density at radius 1 is 2.00 bits per heavy atom. The van der Waals surface area contributed by atoms with Gasteiger partial charge in [0.15, 0.2) is 0 Å². The van der Waals surface area contributed by atoms with Crippen LogP contribution in [0.25, 0.3) is 0 Å². The third-order valence-electron chi connectivity index (χ3n) is 0.203. The first-order valence-corrected chi connectivity index (χ1v) is 1.25. The molecule has 28 valence electrons. The maximum absolute atomic E-state index is 9.15. The minimum absolute atomic E-state index is 0.0833. The second-order valence-corrected chi connectivity index (χ2v) is 0.577. The molecule has 0 amide bonds. The van der Waals surface area contributed by atoms with Crippen molar-refractivity contribution < 1.29 is 9.39 Å². The second-order valence-electron chi connectivity index (χ2n) is 0.577. The first-order chi connectivity index (χ1) is 2.41. The van der Waals surface area contributed by atoms with Crippen molar-refractivity contribution in [3.05, 3.63) is 0 Å². The molecule has 0 saturated carbocycles. The van der Waals surface area contributed by atoms with Crippen LogP contribution in [0.4, 0.5) is 0 Å². The number of methoxy groups -OCH3 is 1. The van der Waals surface area contributed by atoms with Crippen molar-refractivity contribution in [3.8, 4) is 6.15 Å². The van der Waals surface area contributed by atoms with Crippen molar-refractivity contribution in [1.29, 1.82) is 0 Å². The molecule has 0 aliphatic heterocycles.